The van der Waals surface area contributed by atoms with E-state index in [9.17, 15) is 9.18 Å². The van der Waals surface area contributed by atoms with E-state index < -0.39 is 0 Å². The van der Waals surface area contributed by atoms with Crippen LogP contribution in [0.3, 0.4) is 0 Å². The number of para-hydroxylation sites is 2. The van der Waals surface area contributed by atoms with Gasteiger partial charge in [-0.05, 0) is 48.9 Å². The molecule has 1 amide bonds. The number of carbonyl (C=O) groups excluding carboxylic acids is 1. The minimum Gasteiger partial charge on any atom is -0.457 e. The van der Waals surface area contributed by atoms with Gasteiger partial charge in [-0.2, -0.15) is 0 Å². The van der Waals surface area contributed by atoms with Crippen LogP contribution in [-0.2, 0) is 0 Å². The Labute approximate surface area is 139 Å². The second kappa shape index (κ2) is 6.96. The zero-order valence-electron chi connectivity index (χ0n) is 13.1. The molecule has 0 aromatic heterocycles. The van der Waals surface area contributed by atoms with Crippen LogP contribution in [0.4, 0.5) is 10.1 Å². The average molecular weight is 321 g/mol. The van der Waals surface area contributed by atoms with E-state index in [1.54, 1.807) is 43.3 Å². The lowest BCUT2D eigenvalue weighted by Gasteiger charge is -2.11. The van der Waals surface area contributed by atoms with E-state index in [0.29, 0.717) is 28.3 Å². The van der Waals surface area contributed by atoms with Crippen molar-refractivity contribution >= 4 is 11.6 Å². The Morgan fingerprint density at radius 2 is 1.67 bits per heavy atom. The van der Waals surface area contributed by atoms with Crippen molar-refractivity contribution in [2.24, 2.45) is 0 Å². The third kappa shape index (κ3) is 3.60. The van der Waals surface area contributed by atoms with Crippen LogP contribution in [0.5, 0.6) is 11.5 Å². The molecule has 0 saturated carbocycles. The average Bonchev–Trinajstić information content (AvgIpc) is 2.59. The highest BCUT2D eigenvalue weighted by atomic mass is 19.1. The summed E-state index contributed by atoms with van der Waals surface area (Å²) < 4.78 is 19.4. The van der Waals surface area contributed by atoms with Crippen molar-refractivity contribution in [1.82, 2.24) is 0 Å². The lowest BCUT2D eigenvalue weighted by molar-refractivity contribution is 0.102. The van der Waals surface area contributed by atoms with Gasteiger partial charge in [-0.1, -0.05) is 36.4 Å². The summed E-state index contributed by atoms with van der Waals surface area (Å²) in [6.07, 6.45) is 0. The summed E-state index contributed by atoms with van der Waals surface area (Å²) in [5.74, 6) is 0.360. The van der Waals surface area contributed by atoms with Gasteiger partial charge in [0.25, 0.3) is 5.91 Å². The fraction of sp³-hybridized carbons (Fsp3) is 0.0500. The zero-order chi connectivity index (χ0) is 16.9. The van der Waals surface area contributed by atoms with Crippen molar-refractivity contribution in [3.05, 3.63) is 89.7 Å². The Morgan fingerprint density at radius 3 is 2.42 bits per heavy atom. The topological polar surface area (TPSA) is 38.3 Å². The predicted octanol–water partition coefficient (Wildman–Crippen LogP) is 5.18. The third-order valence-electron chi connectivity index (χ3n) is 3.53. The van der Waals surface area contributed by atoms with Crippen LogP contribution in [-0.4, -0.2) is 5.91 Å². The molecule has 0 aliphatic rings. The number of hydrogen-bond donors (Lipinski definition) is 1. The zero-order valence-corrected chi connectivity index (χ0v) is 13.1. The SMILES string of the molecule is Cc1ccc(NC(=O)c2ccccc2Oc2ccccc2)cc1F. The molecule has 0 heterocycles. The number of halogens is 1. The first-order chi connectivity index (χ1) is 11.6. The van der Waals surface area contributed by atoms with Gasteiger partial charge in [-0.25, -0.2) is 4.39 Å². The van der Waals surface area contributed by atoms with E-state index in [4.69, 9.17) is 4.74 Å². The smallest absolute Gasteiger partial charge is 0.259 e. The van der Waals surface area contributed by atoms with Crippen molar-refractivity contribution in [1.29, 1.82) is 0 Å². The van der Waals surface area contributed by atoms with Crippen molar-refractivity contribution in [3.63, 3.8) is 0 Å². The molecule has 3 aromatic carbocycles. The van der Waals surface area contributed by atoms with Gasteiger partial charge in [0.05, 0.1) is 5.56 Å². The molecule has 1 N–H and O–H groups in total. The van der Waals surface area contributed by atoms with Gasteiger partial charge in [0.2, 0.25) is 0 Å². The lowest BCUT2D eigenvalue weighted by Crippen LogP contribution is -2.13. The van der Waals surface area contributed by atoms with Crippen LogP contribution in [0.2, 0.25) is 0 Å². The molecule has 0 bridgehead atoms. The Bertz CT molecular complexity index is 863. The van der Waals surface area contributed by atoms with Gasteiger partial charge in [-0.15, -0.1) is 0 Å². The van der Waals surface area contributed by atoms with E-state index in [2.05, 4.69) is 5.32 Å². The number of carbonyl (C=O) groups is 1. The quantitative estimate of drug-likeness (QED) is 0.719. The van der Waals surface area contributed by atoms with Gasteiger partial charge in [-0.3, -0.25) is 4.79 Å². The Balaban J connectivity index is 1.83. The highest BCUT2D eigenvalue weighted by molar-refractivity contribution is 6.06. The predicted molar refractivity (Wildman–Crippen MR) is 92.0 cm³/mol. The molecule has 0 atom stereocenters. The Morgan fingerprint density at radius 1 is 0.958 bits per heavy atom. The Hall–Kier alpha value is -3.14. The normalized spacial score (nSPS) is 10.2. The van der Waals surface area contributed by atoms with Crippen LogP contribution < -0.4 is 10.1 Å². The minimum absolute atomic E-state index is 0.357. The molecule has 0 unspecified atom stereocenters. The van der Waals surface area contributed by atoms with Crippen molar-refractivity contribution in [2.75, 3.05) is 5.32 Å². The van der Waals surface area contributed by atoms with Crippen LogP contribution >= 0.6 is 0 Å². The van der Waals surface area contributed by atoms with Crippen molar-refractivity contribution in [3.8, 4) is 11.5 Å². The number of aryl methyl sites for hydroxylation is 1. The molecule has 24 heavy (non-hydrogen) atoms. The first-order valence-corrected chi connectivity index (χ1v) is 7.53. The van der Waals surface area contributed by atoms with Crippen molar-refractivity contribution < 1.29 is 13.9 Å². The molecule has 3 nitrogen and oxygen atoms in total. The van der Waals surface area contributed by atoms with E-state index >= 15 is 0 Å². The number of ether oxygens (including phenoxy) is 1. The first-order valence-electron chi connectivity index (χ1n) is 7.53. The highest BCUT2D eigenvalue weighted by Gasteiger charge is 2.13. The monoisotopic (exact) mass is 321 g/mol. The van der Waals surface area contributed by atoms with E-state index in [0.717, 1.165) is 0 Å². The van der Waals surface area contributed by atoms with Crippen LogP contribution in [0, 0.1) is 12.7 Å². The second-order valence-electron chi connectivity index (χ2n) is 5.33. The largest absolute Gasteiger partial charge is 0.457 e. The minimum atomic E-state index is -0.360. The van der Waals surface area contributed by atoms with Gasteiger partial charge in [0.1, 0.15) is 17.3 Å². The lowest BCUT2D eigenvalue weighted by atomic mass is 10.1. The molecule has 0 aliphatic heterocycles. The summed E-state index contributed by atoms with van der Waals surface area (Å²) >= 11 is 0. The highest BCUT2D eigenvalue weighted by Crippen LogP contribution is 2.26. The van der Waals surface area contributed by atoms with Crippen LogP contribution in [0.25, 0.3) is 0 Å². The number of hydrogen-bond acceptors (Lipinski definition) is 2. The number of benzene rings is 3. The molecular weight excluding hydrogens is 305 g/mol. The second-order valence-corrected chi connectivity index (χ2v) is 5.33. The summed E-state index contributed by atoms with van der Waals surface area (Å²) in [4.78, 5) is 12.5. The molecule has 0 radical (unpaired) electrons. The van der Waals surface area contributed by atoms with Gasteiger partial charge < -0.3 is 10.1 Å². The van der Waals surface area contributed by atoms with E-state index in [1.807, 2.05) is 30.3 Å². The fourth-order valence-electron chi connectivity index (χ4n) is 2.23. The molecule has 3 rings (SSSR count). The summed E-state index contributed by atoms with van der Waals surface area (Å²) in [7, 11) is 0. The maximum Gasteiger partial charge on any atom is 0.259 e. The number of anilines is 1. The van der Waals surface area contributed by atoms with Crippen LogP contribution in [0.15, 0.2) is 72.8 Å². The molecule has 3 aromatic rings. The maximum atomic E-state index is 13.6. The fourth-order valence-corrected chi connectivity index (χ4v) is 2.23. The van der Waals surface area contributed by atoms with E-state index in [-0.39, 0.29) is 11.7 Å². The first kappa shape index (κ1) is 15.7. The molecule has 4 heteroatoms. The molecule has 0 spiro atoms. The summed E-state index contributed by atoms with van der Waals surface area (Å²) in [5.41, 5.74) is 1.31. The molecular formula is C20H16FNO2. The number of rotatable bonds is 4. The van der Waals surface area contributed by atoms with Gasteiger partial charge in [0, 0.05) is 5.69 Å². The van der Waals surface area contributed by atoms with Gasteiger partial charge >= 0.3 is 0 Å². The van der Waals surface area contributed by atoms with E-state index in [1.165, 1.54) is 6.07 Å². The summed E-state index contributed by atoms with van der Waals surface area (Å²) in [6.45, 7) is 1.67. The molecule has 0 fully saturated rings. The maximum absolute atomic E-state index is 13.6. The third-order valence-corrected chi connectivity index (χ3v) is 3.53. The van der Waals surface area contributed by atoms with Crippen molar-refractivity contribution in [2.45, 2.75) is 6.92 Å². The standard InChI is InChI=1S/C20H16FNO2/c1-14-11-12-15(13-18(14)21)22-20(23)17-9-5-6-10-19(17)24-16-7-3-2-4-8-16/h2-13H,1H3,(H,22,23). The summed E-state index contributed by atoms with van der Waals surface area (Å²) in [5, 5.41) is 2.69. The molecule has 120 valence electrons. The molecule has 0 aliphatic carbocycles. The number of nitrogens with one attached hydrogen (secondary N) is 1. The number of amides is 1. The summed E-state index contributed by atoms with van der Waals surface area (Å²) in [6, 6.07) is 20.7. The van der Waals surface area contributed by atoms with Crippen LogP contribution in [0.1, 0.15) is 15.9 Å². The van der Waals surface area contributed by atoms with Gasteiger partial charge in [0.15, 0.2) is 0 Å². The Kier molecular flexibility index (Phi) is 4.57. The molecule has 0 saturated heterocycles.